The Hall–Kier alpha value is -2.37. The first-order chi connectivity index (χ1) is 11.1. The fourth-order valence-corrected chi connectivity index (χ4v) is 1.95. The first-order valence-electron chi connectivity index (χ1n) is 7.75. The van der Waals surface area contributed by atoms with Crippen molar-refractivity contribution < 1.29 is 18.7 Å². The predicted molar refractivity (Wildman–Crippen MR) is 92.2 cm³/mol. The van der Waals surface area contributed by atoms with Crippen LogP contribution in [0.3, 0.4) is 0 Å². The Labute approximate surface area is 142 Å². The molecule has 1 rings (SSSR count). The van der Waals surface area contributed by atoms with Crippen LogP contribution in [0.4, 0.5) is 14.9 Å². The highest BCUT2D eigenvalue weighted by Gasteiger charge is 2.35. The third-order valence-corrected chi connectivity index (χ3v) is 3.23. The van der Waals surface area contributed by atoms with Crippen LogP contribution in [0.1, 0.15) is 40.5 Å². The molecule has 1 aromatic rings. The van der Waals surface area contributed by atoms with E-state index in [0.717, 1.165) is 0 Å². The van der Waals surface area contributed by atoms with Gasteiger partial charge in [-0.15, -0.1) is 6.58 Å². The van der Waals surface area contributed by atoms with E-state index in [0.29, 0.717) is 18.5 Å². The van der Waals surface area contributed by atoms with Crippen molar-refractivity contribution in [3.63, 3.8) is 0 Å². The number of rotatable bonds is 6. The van der Waals surface area contributed by atoms with Gasteiger partial charge in [0.1, 0.15) is 17.0 Å². The fourth-order valence-electron chi connectivity index (χ4n) is 1.95. The first-order valence-corrected chi connectivity index (χ1v) is 7.75. The predicted octanol–water partition coefficient (Wildman–Crippen LogP) is 4.01. The smallest absolute Gasteiger partial charge is 0.408 e. The lowest BCUT2D eigenvalue weighted by molar-refractivity contribution is -0.122. The van der Waals surface area contributed by atoms with E-state index in [2.05, 4.69) is 17.2 Å². The van der Waals surface area contributed by atoms with Gasteiger partial charge < -0.3 is 15.4 Å². The summed E-state index contributed by atoms with van der Waals surface area (Å²) in [6, 6.07) is 5.40. The lowest BCUT2D eigenvalue weighted by atomic mass is 9.94. The molecule has 0 aliphatic carbocycles. The topological polar surface area (TPSA) is 67.4 Å². The summed E-state index contributed by atoms with van der Waals surface area (Å²) in [6.45, 7) is 10.5. The van der Waals surface area contributed by atoms with Gasteiger partial charge in [-0.25, -0.2) is 9.18 Å². The van der Waals surface area contributed by atoms with Crippen LogP contribution in [0, 0.1) is 5.82 Å². The number of hydrogen-bond donors (Lipinski definition) is 2. The molecule has 24 heavy (non-hydrogen) atoms. The fraction of sp³-hybridized carbons (Fsp3) is 0.444. The molecule has 0 saturated heterocycles. The van der Waals surface area contributed by atoms with Crippen LogP contribution >= 0.6 is 0 Å². The summed E-state index contributed by atoms with van der Waals surface area (Å²) in [4.78, 5) is 24.7. The number of amides is 2. The Morgan fingerprint density at radius 3 is 2.29 bits per heavy atom. The molecule has 0 aliphatic rings. The molecule has 0 fully saturated rings. The van der Waals surface area contributed by atoms with Gasteiger partial charge in [-0.3, -0.25) is 4.79 Å². The zero-order valence-corrected chi connectivity index (χ0v) is 14.6. The van der Waals surface area contributed by atoms with E-state index in [9.17, 15) is 14.0 Å². The van der Waals surface area contributed by atoms with Crippen LogP contribution in [0.5, 0.6) is 0 Å². The van der Waals surface area contributed by atoms with Crippen LogP contribution in [0.15, 0.2) is 36.9 Å². The molecule has 0 heterocycles. The molecule has 0 radical (unpaired) electrons. The number of ether oxygens (including phenoxy) is 1. The zero-order valence-electron chi connectivity index (χ0n) is 14.6. The molecule has 5 nitrogen and oxygen atoms in total. The summed E-state index contributed by atoms with van der Waals surface area (Å²) in [5.74, 6) is -0.809. The molecule has 0 bridgehead atoms. The zero-order chi connectivity index (χ0) is 18.4. The average molecular weight is 336 g/mol. The summed E-state index contributed by atoms with van der Waals surface area (Å²) in [6.07, 6.45) is 1.87. The normalized spacial score (nSPS) is 13.5. The van der Waals surface area contributed by atoms with E-state index in [1.165, 1.54) is 24.3 Å². The van der Waals surface area contributed by atoms with Crippen molar-refractivity contribution in [2.45, 2.75) is 51.7 Å². The second-order valence-electron chi connectivity index (χ2n) is 6.75. The van der Waals surface area contributed by atoms with Crippen LogP contribution in [-0.4, -0.2) is 23.1 Å². The van der Waals surface area contributed by atoms with Crippen molar-refractivity contribution in [1.29, 1.82) is 0 Å². The molecule has 0 aromatic heterocycles. The van der Waals surface area contributed by atoms with E-state index >= 15 is 0 Å². The Balaban J connectivity index is 2.88. The minimum absolute atomic E-state index is 0.350. The maximum Gasteiger partial charge on any atom is 0.408 e. The van der Waals surface area contributed by atoms with Crippen molar-refractivity contribution in [2.75, 3.05) is 5.32 Å². The SMILES string of the molecule is C=CCCC(C)(NC(=O)OC(C)(C)C)C(=O)Nc1ccc(F)cc1. The van der Waals surface area contributed by atoms with Crippen molar-refractivity contribution in [3.05, 3.63) is 42.7 Å². The lowest BCUT2D eigenvalue weighted by Gasteiger charge is -2.30. The molecule has 1 aromatic carbocycles. The largest absolute Gasteiger partial charge is 0.444 e. The van der Waals surface area contributed by atoms with Gasteiger partial charge in [0.05, 0.1) is 0 Å². The van der Waals surface area contributed by atoms with Crippen LogP contribution in [-0.2, 0) is 9.53 Å². The summed E-state index contributed by atoms with van der Waals surface area (Å²) in [7, 11) is 0. The van der Waals surface area contributed by atoms with Crippen molar-refractivity contribution in [1.82, 2.24) is 5.32 Å². The number of benzene rings is 1. The monoisotopic (exact) mass is 336 g/mol. The molecule has 1 atom stereocenters. The number of halogens is 1. The highest BCUT2D eigenvalue weighted by molar-refractivity contribution is 5.99. The van der Waals surface area contributed by atoms with Gasteiger partial charge >= 0.3 is 6.09 Å². The highest BCUT2D eigenvalue weighted by atomic mass is 19.1. The van der Waals surface area contributed by atoms with Gasteiger partial charge in [-0.05, 0) is 64.8 Å². The van der Waals surface area contributed by atoms with E-state index in [1.54, 1.807) is 33.8 Å². The Morgan fingerprint density at radius 1 is 1.21 bits per heavy atom. The Morgan fingerprint density at radius 2 is 1.79 bits per heavy atom. The third-order valence-electron chi connectivity index (χ3n) is 3.23. The Kier molecular flexibility index (Phi) is 6.51. The third kappa shape index (κ3) is 6.40. The molecule has 2 amide bonds. The molecule has 0 aliphatic heterocycles. The van der Waals surface area contributed by atoms with Crippen LogP contribution in [0.2, 0.25) is 0 Å². The lowest BCUT2D eigenvalue weighted by Crippen LogP contribution is -2.55. The van der Waals surface area contributed by atoms with Gasteiger partial charge in [-0.2, -0.15) is 0 Å². The van der Waals surface area contributed by atoms with Crippen molar-refractivity contribution in [2.24, 2.45) is 0 Å². The minimum atomic E-state index is -1.19. The second-order valence-corrected chi connectivity index (χ2v) is 6.75. The maximum absolute atomic E-state index is 13.0. The molecule has 2 N–H and O–H groups in total. The molecule has 132 valence electrons. The number of allylic oxidation sites excluding steroid dienone is 1. The van der Waals surface area contributed by atoms with E-state index in [-0.39, 0.29) is 0 Å². The molecule has 6 heteroatoms. The van der Waals surface area contributed by atoms with Crippen molar-refractivity contribution in [3.8, 4) is 0 Å². The van der Waals surface area contributed by atoms with Gasteiger partial charge in [-0.1, -0.05) is 6.08 Å². The standard InChI is InChI=1S/C18H25FN2O3/c1-6-7-12-18(5,21-16(23)24-17(2,3)4)15(22)20-14-10-8-13(19)9-11-14/h6,8-11H,1,7,12H2,2-5H3,(H,20,22)(H,21,23). The summed E-state index contributed by atoms with van der Waals surface area (Å²) >= 11 is 0. The van der Waals surface area contributed by atoms with Crippen molar-refractivity contribution >= 4 is 17.7 Å². The second kappa shape index (κ2) is 7.95. The van der Waals surface area contributed by atoms with Gasteiger partial charge in [0.2, 0.25) is 5.91 Å². The number of alkyl carbamates (subject to hydrolysis) is 1. The number of nitrogens with one attached hydrogen (secondary N) is 2. The number of carbonyl (C=O) groups is 2. The molecule has 0 saturated carbocycles. The van der Waals surface area contributed by atoms with Gasteiger partial charge in [0, 0.05) is 5.69 Å². The first kappa shape index (κ1) is 19.7. The number of carbonyl (C=O) groups excluding carboxylic acids is 2. The molecule has 1 unspecified atom stereocenters. The van der Waals surface area contributed by atoms with Crippen LogP contribution in [0.25, 0.3) is 0 Å². The number of hydrogen-bond acceptors (Lipinski definition) is 3. The minimum Gasteiger partial charge on any atom is -0.444 e. The molecular weight excluding hydrogens is 311 g/mol. The Bertz CT molecular complexity index is 593. The molecule has 0 spiro atoms. The summed E-state index contributed by atoms with van der Waals surface area (Å²) in [5.41, 5.74) is -1.42. The highest BCUT2D eigenvalue weighted by Crippen LogP contribution is 2.18. The van der Waals surface area contributed by atoms with E-state index < -0.39 is 29.0 Å². The summed E-state index contributed by atoms with van der Waals surface area (Å²) < 4.78 is 18.2. The molecular formula is C18H25FN2O3. The van der Waals surface area contributed by atoms with E-state index in [4.69, 9.17) is 4.74 Å². The quantitative estimate of drug-likeness (QED) is 0.771. The van der Waals surface area contributed by atoms with Crippen LogP contribution < -0.4 is 10.6 Å². The number of anilines is 1. The average Bonchev–Trinajstić information content (AvgIpc) is 2.45. The van der Waals surface area contributed by atoms with Gasteiger partial charge in [0.15, 0.2) is 0 Å². The van der Waals surface area contributed by atoms with Gasteiger partial charge in [0.25, 0.3) is 0 Å². The summed E-state index contributed by atoms with van der Waals surface area (Å²) in [5, 5.41) is 5.30. The van der Waals surface area contributed by atoms with E-state index in [1.807, 2.05) is 0 Å². The maximum atomic E-state index is 13.0.